The molecular formula is C15H15ClN8O2. The molecule has 0 spiro atoms. The highest BCUT2D eigenvalue weighted by Crippen LogP contribution is 2.30. The Hall–Kier alpha value is -3.01. The number of nitrogens with two attached hydrogens (primary N) is 1. The van der Waals surface area contributed by atoms with E-state index in [0.717, 1.165) is 0 Å². The summed E-state index contributed by atoms with van der Waals surface area (Å²) < 4.78 is 1.93. The first-order valence-electron chi connectivity index (χ1n) is 7.99. The minimum Gasteiger partial charge on any atom is -0.465 e. The molecular weight excluding hydrogens is 360 g/mol. The molecule has 3 N–H and O–H groups in total. The second-order valence-electron chi connectivity index (χ2n) is 5.99. The Morgan fingerprint density at radius 2 is 1.96 bits per heavy atom. The summed E-state index contributed by atoms with van der Waals surface area (Å²) in [6.45, 7) is 0.934. The number of carbonyl (C=O) groups is 1. The maximum absolute atomic E-state index is 11.1. The predicted octanol–water partition coefficient (Wildman–Crippen LogP) is 1.83. The van der Waals surface area contributed by atoms with Crippen LogP contribution in [0.2, 0.25) is 5.28 Å². The van der Waals surface area contributed by atoms with Gasteiger partial charge in [-0.2, -0.15) is 4.98 Å². The van der Waals surface area contributed by atoms with E-state index in [1.807, 2.05) is 4.57 Å². The number of amides is 1. The zero-order chi connectivity index (χ0) is 18.3. The first-order valence-corrected chi connectivity index (χ1v) is 8.36. The molecule has 0 atom stereocenters. The van der Waals surface area contributed by atoms with Crippen molar-refractivity contribution in [3.63, 3.8) is 0 Å². The summed E-state index contributed by atoms with van der Waals surface area (Å²) in [5.41, 5.74) is 7.72. The quantitative estimate of drug-likeness (QED) is 0.648. The molecule has 10 nitrogen and oxygen atoms in total. The van der Waals surface area contributed by atoms with Crippen LogP contribution in [-0.2, 0) is 0 Å². The lowest BCUT2D eigenvalue weighted by Crippen LogP contribution is -2.38. The number of piperidine rings is 1. The van der Waals surface area contributed by atoms with E-state index in [0.29, 0.717) is 54.3 Å². The van der Waals surface area contributed by atoms with Gasteiger partial charge in [-0.05, 0) is 24.4 Å². The van der Waals surface area contributed by atoms with Gasteiger partial charge in [-0.15, -0.1) is 0 Å². The van der Waals surface area contributed by atoms with Crippen molar-refractivity contribution in [1.82, 2.24) is 34.4 Å². The molecule has 1 saturated heterocycles. The summed E-state index contributed by atoms with van der Waals surface area (Å²) in [6, 6.07) is 0.0897. The van der Waals surface area contributed by atoms with E-state index >= 15 is 0 Å². The third-order valence-electron chi connectivity index (χ3n) is 4.44. The smallest absolute Gasteiger partial charge is 0.407 e. The van der Waals surface area contributed by atoms with Gasteiger partial charge in [0.2, 0.25) is 5.28 Å². The van der Waals surface area contributed by atoms with E-state index < -0.39 is 6.09 Å². The van der Waals surface area contributed by atoms with Gasteiger partial charge in [0.15, 0.2) is 5.65 Å². The van der Waals surface area contributed by atoms with Gasteiger partial charge >= 0.3 is 6.09 Å². The summed E-state index contributed by atoms with van der Waals surface area (Å²) in [5, 5.41) is 9.17. The number of aromatic nitrogens is 6. The molecule has 0 aliphatic carbocycles. The molecule has 1 fully saturated rings. The number of nitrogen functional groups attached to an aromatic ring is 1. The molecule has 0 unspecified atom stereocenters. The summed E-state index contributed by atoms with van der Waals surface area (Å²) in [4.78, 5) is 33.8. The van der Waals surface area contributed by atoms with Gasteiger partial charge in [0.1, 0.15) is 22.7 Å². The van der Waals surface area contributed by atoms with Crippen molar-refractivity contribution in [2.24, 2.45) is 0 Å². The number of nitrogens with zero attached hydrogens (tertiary/aromatic N) is 7. The maximum atomic E-state index is 11.1. The molecule has 26 heavy (non-hydrogen) atoms. The Morgan fingerprint density at radius 3 is 2.62 bits per heavy atom. The maximum Gasteiger partial charge on any atom is 0.407 e. The molecule has 0 radical (unpaired) electrons. The highest BCUT2D eigenvalue weighted by molar-refractivity contribution is 6.28. The van der Waals surface area contributed by atoms with Gasteiger partial charge in [0.05, 0.1) is 18.7 Å². The second-order valence-corrected chi connectivity index (χ2v) is 6.33. The first kappa shape index (κ1) is 16.5. The molecule has 0 saturated carbocycles. The van der Waals surface area contributed by atoms with E-state index in [4.69, 9.17) is 22.4 Å². The number of anilines is 1. The van der Waals surface area contributed by atoms with Gasteiger partial charge in [0.25, 0.3) is 0 Å². The Morgan fingerprint density at radius 1 is 1.19 bits per heavy atom. The molecule has 3 aromatic rings. The number of likely N-dealkylation sites (tertiary alicyclic amines) is 1. The van der Waals surface area contributed by atoms with Crippen LogP contribution < -0.4 is 5.73 Å². The lowest BCUT2D eigenvalue weighted by Gasteiger charge is -2.30. The minimum absolute atomic E-state index is 0.0795. The van der Waals surface area contributed by atoms with Gasteiger partial charge in [-0.3, -0.25) is 0 Å². The summed E-state index contributed by atoms with van der Waals surface area (Å²) in [7, 11) is 0. The molecule has 4 heterocycles. The molecule has 11 heteroatoms. The van der Waals surface area contributed by atoms with Crippen LogP contribution in [0.15, 0.2) is 18.7 Å². The predicted molar refractivity (Wildman–Crippen MR) is 93.6 cm³/mol. The Balaban J connectivity index is 1.73. The van der Waals surface area contributed by atoms with Gasteiger partial charge in [-0.1, -0.05) is 0 Å². The first-order chi connectivity index (χ1) is 12.5. The average Bonchev–Trinajstić information content (AvgIpc) is 3.05. The number of fused-ring (bicyclic) bond motifs is 1. The molecule has 0 aromatic carbocycles. The second kappa shape index (κ2) is 6.37. The van der Waals surface area contributed by atoms with Crippen LogP contribution in [0.1, 0.15) is 18.9 Å². The van der Waals surface area contributed by atoms with Crippen molar-refractivity contribution in [2.45, 2.75) is 18.9 Å². The fourth-order valence-corrected chi connectivity index (χ4v) is 3.30. The topological polar surface area (TPSA) is 136 Å². The van der Waals surface area contributed by atoms with Crippen LogP contribution >= 0.6 is 11.6 Å². The van der Waals surface area contributed by atoms with Gasteiger partial charge < -0.3 is 20.3 Å². The summed E-state index contributed by atoms with van der Waals surface area (Å²) >= 11 is 6.12. The van der Waals surface area contributed by atoms with Crippen molar-refractivity contribution in [2.75, 3.05) is 18.8 Å². The number of carboxylic acid groups (broad SMARTS) is 1. The fourth-order valence-electron chi connectivity index (χ4n) is 3.13. The van der Waals surface area contributed by atoms with Gasteiger partial charge in [-0.25, -0.2) is 24.7 Å². The largest absolute Gasteiger partial charge is 0.465 e. The zero-order valence-electron chi connectivity index (χ0n) is 13.6. The molecule has 0 bridgehead atoms. The van der Waals surface area contributed by atoms with E-state index in [2.05, 4.69) is 24.9 Å². The molecule has 1 aliphatic heterocycles. The molecule has 1 aliphatic rings. The Bertz CT molecular complexity index is 966. The third kappa shape index (κ3) is 2.88. The molecule has 4 rings (SSSR count). The van der Waals surface area contributed by atoms with Crippen molar-refractivity contribution in [1.29, 1.82) is 0 Å². The molecule has 1 amide bonds. The van der Waals surface area contributed by atoms with Crippen molar-refractivity contribution in [3.8, 4) is 11.4 Å². The molecule has 3 aromatic heterocycles. The van der Waals surface area contributed by atoms with Crippen LogP contribution in [0.4, 0.5) is 10.6 Å². The lowest BCUT2D eigenvalue weighted by molar-refractivity contribution is 0.126. The van der Waals surface area contributed by atoms with Gasteiger partial charge in [0, 0.05) is 19.1 Å². The Labute approximate surface area is 152 Å². The number of hydrogen-bond acceptors (Lipinski definition) is 7. The Kier molecular flexibility index (Phi) is 4.03. The van der Waals surface area contributed by atoms with Crippen LogP contribution in [-0.4, -0.2) is 58.7 Å². The number of rotatable bonds is 2. The lowest BCUT2D eigenvalue weighted by atomic mass is 10.1. The standard InChI is InChI=1S/C15H15ClN8O2/c16-14-21-11(9-5-19-10(17)6-18-9)12-13(22-14)24(7-20-12)8-1-3-23(4-2-8)15(25)26/h5-8H,1-4H2,(H2,17,19)(H,25,26). The van der Waals surface area contributed by atoms with E-state index in [1.54, 1.807) is 6.33 Å². The summed E-state index contributed by atoms with van der Waals surface area (Å²) in [6.07, 6.45) is 5.10. The normalized spacial score (nSPS) is 15.5. The highest BCUT2D eigenvalue weighted by Gasteiger charge is 2.26. The number of halogens is 1. The van der Waals surface area contributed by atoms with Crippen molar-refractivity contribution >= 4 is 34.7 Å². The summed E-state index contributed by atoms with van der Waals surface area (Å²) in [5.74, 6) is 0.306. The van der Waals surface area contributed by atoms with E-state index in [-0.39, 0.29) is 11.3 Å². The fraction of sp³-hybridized carbons (Fsp3) is 0.333. The van der Waals surface area contributed by atoms with E-state index in [1.165, 1.54) is 17.3 Å². The third-order valence-corrected chi connectivity index (χ3v) is 4.61. The van der Waals surface area contributed by atoms with Crippen LogP contribution in [0, 0.1) is 0 Å². The van der Waals surface area contributed by atoms with Crippen molar-refractivity contribution in [3.05, 3.63) is 24.0 Å². The van der Waals surface area contributed by atoms with Crippen LogP contribution in [0.3, 0.4) is 0 Å². The monoisotopic (exact) mass is 374 g/mol. The zero-order valence-corrected chi connectivity index (χ0v) is 14.3. The number of hydrogen-bond donors (Lipinski definition) is 2. The average molecular weight is 375 g/mol. The SMILES string of the molecule is Nc1cnc(-c2nc(Cl)nc3c2ncn3C2CCN(C(=O)O)CC2)cn1. The van der Waals surface area contributed by atoms with Crippen molar-refractivity contribution < 1.29 is 9.90 Å². The molecule has 134 valence electrons. The van der Waals surface area contributed by atoms with E-state index in [9.17, 15) is 4.79 Å². The number of imidazole rings is 1. The van der Waals surface area contributed by atoms with Crippen LogP contribution in [0.25, 0.3) is 22.6 Å². The highest BCUT2D eigenvalue weighted by atomic mass is 35.5. The minimum atomic E-state index is -0.895. The van der Waals surface area contributed by atoms with Crippen LogP contribution in [0.5, 0.6) is 0 Å².